The average molecular weight is 316 g/mol. The van der Waals surface area contributed by atoms with Crippen molar-refractivity contribution in [3.63, 3.8) is 0 Å². The van der Waals surface area contributed by atoms with Crippen molar-refractivity contribution in [2.24, 2.45) is 5.92 Å². The summed E-state index contributed by atoms with van der Waals surface area (Å²) in [4.78, 5) is 14.8. The highest BCUT2D eigenvalue weighted by atomic mass is 16.3. The standard InChI is InChI=1S/C19H28N2O2/c22-18-10-6-9-17(18)19(23)20-13-15-7-2-3-8-16(15)14-21-11-4-1-5-12-21/h2-3,7-8,17-18,22H,1,4-6,9-14H2,(H,20,23). The number of hydrogen-bond donors (Lipinski definition) is 2. The molecule has 2 aliphatic rings. The number of rotatable bonds is 5. The van der Waals surface area contributed by atoms with Crippen LogP contribution in [0.2, 0.25) is 0 Å². The van der Waals surface area contributed by atoms with Crippen molar-refractivity contribution in [2.45, 2.75) is 57.7 Å². The number of carbonyl (C=O) groups is 1. The Bertz CT molecular complexity index is 526. The van der Waals surface area contributed by atoms with E-state index in [0.29, 0.717) is 6.54 Å². The first-order valence-electron chi connectivity index (χ1n) is 8.99. The second kappa shape index (κ2) is 7.93. The zero-order chi connectivity index (χ0) is 16.1. The van der Waals surface area contributed by atoms with E-state index in [1.165, 1.54) is 43.5 Å². The van der Waals surface area contributed by atoms with Crippen LogP contribution in [0.25, 0.3) is 0 Å². The molecule has 4 heteroatoms. The first-order valence-corrected chi connectivity index (χ1v) is 8.99. The van der Waals surface area contributed by atoms with Crippen molar-refractivity contribution in [1.82, 2.24) is 10.2 Å². The van der Waals surface area contributed by atoms with Crippen molar-refractivity contribution < 1.29 is 9.90 Å². The van der Waals surface area contributed by atoms with E-state index in [1.807, 2.05) is 6.07 Å². The van der Waals surface area contributed by atoms with Crippen molar-refractivity contribution in [3.8, 4) is 0 Å². The normalized spacial score (nSPS) is 25.4. The van der Waals surface area contributed by atoms with E-state index >= 15 is 0 Å². The molecule has 1 aromatic carbocycles. The van der Waals surface area contributed by atoms with Gasteiger partial charge in [0.1, 0.15) is 0 Å². The molecule has 1 aliphatic carbocycles. The molecule has 4 nitrogen and oxygen atoms in total. The van der Waals surface area contributed by atoms with Gasteiger partial charge in [0.25, 0.3) is 0 Å². The van der Waals surface area contributed by atoms with Gasteiger partial charge in [-0.3, -0.25) is 9.69 Å². The minimum Gasteiger partial charge on any atom is -0.392 e. The summed E-state index contributed by atoms with van der Waals surface area (Å²) in [6.07, 6.45) is 5.98. The van der Waals surface area contributed by atoms with Crippen molar-refractivity contribution in [1.29, 1.82) is 0 Å². The van der Waals surface area contributed by atoms with E-state index in [9.17, 15) is 9.90 Å². The summed E-state index contributed by atoms with van der Waals surface area (Å²) in [7, 11) is 0. The Kier molecular flexibility index (Phi) is 5.68. The van der Waals surface area contributed by atoms with Gasteiger partial charge in [-0.1, -0.05) is 30.7 Å². The highest BCUT2D eigenvalue weighted by Gasteiger charge is 2.31. The highest BCUT2D eigenvalue weighted by Crippen LogP contribution is 2.25. The van der Waals surface area contributed by atoms with Crippen LogP contribution in [0, 0.1) is 5.92 Å². The van der Waals surface area contributed by atoms with Crippen LogP contribution in [0.4, 0.5) is 0 Å². The molecule has 0 spiro atoms. The van der Waals surface area contributed by atoms with Gasteiger partial charge in [-0.2, -0.15) is 0 Å². The van der Waals surface area contributed by atoms with E-state index < -0.39 is 6.10 Å². The van der Waals surface area contributed by atoms with Crippen LogP contribution in [-0.2, 0) is 17.9 Å². The Labute approximate surface area is 138 Å². The van der Waals surface area contributed by atoms with E-state index in [2.05, 4.69) is 28.4 Å². The van der Waals surface area contributed by atoms with Crippen molar-refractivity contribution >= 4 is 5.91 Å². The van der Waals surface area contributed by atoms with E-state index in [0.717, 1.165) is 25.8 Å². The Morgan fingerprint density at radius 1 is 1.09 bits per heavy atom. The summed E-state index contributed by atoms with van der Waals surface area (Å²) in [5.74, 6) is -0.216. The summed E-state index contributed by atoms with van der Waals surface area (Å²) in [5.41, 5.74) is 2.50. The Hall–Kier alpha value is -1.39. The molecule has 2 unspecified atom stereocenters. The summed E-state index contributed by atoms with van der Waals surface area (Å²) in [6, 6.07) is 8.38. The lowest BCUT2D eigenvalue weighted by Crippen LogP contribution is -2.35. The summed E-state index contributed by atoms with van der Waals surface area (Å²) < 4.78 is 0. The van der Waals surface area contributed by atoms with Gasteiger partial charge in [-0.15, -0.1) is 0 Å². The third-order valence-corrected chi connectivity index (χ3v) is 5.23. The fourth-order valence-corrected chi connectivity index (χ4v) is 3.80. The molecule has 0 aromatic heterocycles. The second-order valence-electron chi connectivity index (χ2n) is 6.93. The predicted octanol–water partition coefficient (Wildman–Crippen LogP) is 2.45. The SMILES string of the molecule is O=C(NCc1ccccc1CN1CCCCC1)C1CCCC1O. The van der Waals surface area contributed by atoms with Gasteiger partial charge in [-0.25, -0.2) is 0 Å². The molecule has 1 aliphatic heterocycles. The molecule has 0 radical (unpaired) electrons. The largest absolute Gasteiger partial charge is 0.392 e. The average Bonchev–Trinajstić information content (AvgIpc) is 3.01. The molecule has 1 saturated carbocycles. The zero-order valence-corrected chi connectivity index (χ0v) is 13.8. The van der Waals surface area contributed by atoms with Crippen molar-refractivity contribution in [3.05, 3.63) is 35.4 Å². The molecule has 0 bridgehead atoms. The third kappa shape index (κ3) is 4.33. The van der Waals surface area contributed by atoms with Gasteiger partial charge >= 0.3 is 0 Å². The lowest BCUT2D eigenvalue weighted by atomic mass is 10.0. The number of aliphatic hydroxyl groups is 1. The van der Waals surface area contributed by atoms with E-state index in [-0.39, 0.29) is 11.8 Å². The first-order chi connectivity index (χ1) is 11.2. The maximum absolute atomic E-state index is 12.2. The highest BCUT2D eigenvalue weighted by molar-refractivity contribution is 5.79. The number of hydrogen-bond acceptors (Lipinski definition) is 3. The zero-order valence-electron chi connectivity index (χ0n) is 13.8. The molecular weight excluding hydrogens is 288 g/mol. The van der Waals surface area contributed by atoms with Gasteiger partial charge in [-0.05, 0) is 56.3 Å². The number of nitrogens with zero attached hydrogens (tertiary/aromatic N) is 1. The maximum atomic E-state index is 12.2. The van der Waals surface area contributed by atoms with Crippen LogP contribution >= 0.6 is 0 Å². The monoisotopic (exact) mass is 316 g/mol. The fourth-order valence-electron chi connectivity index (χ4n) is 3.80. The molecule has 2 fully saturated rings. The third-order valence-electron chi connectivity index (χ3n) is 5.23. The molecule has 1 amide bonds. The van der Waals surface area contributed by atoms with Crippen LogP contribution in [0.3, 0.4) is 0 Å². The summed E-state index contributed by atoms with van der Waals surface area (Å²) in [5, 5.41) is 12.9. The van der Waals surface area contributed by atoms with Crippen LogP contribution in [0.15, 0.2) is 24.3 Å². The van der Waals surface area contributed by atoms with Crippen LogP contribution in [0.5, 0.6) is 0 Å². The molecule has 1 aromatic rings. The number of piperidine rings is 1. The van der Waals surface area contributed by atoms with Gasteiger partial charge in [0, 0.05) is 13.1 Å². The summed E-state index contributed by atoms with van der Waals surface area (Å²) >= 11 is 0. The molecule has 2 N–H and O–H groups in total. The van der Waals surface area contributed by atoms with Crippen LogP contribution < -0.4 is 5.32 Å². The smallest absolute Gasteiger partial charge is 0.225 e. The number of nitrogens with one attached hydrogen (secondary N) is 1. The van der Waals surface area contributed by atoms with Crippen LogP contribution in [-0.4, -0.2) is 35.1 Å². The Balaban J connectivity index is 1.58. The summed E-state index contributed by atoms with van der Waals surface area (Å²) in [6.45, 7) is 3.88. The van der Waals surface area contributed by atoms with E-state index in [1.54, 1.807) is 0 Å². The van der Waals surface area contributed by atoms with Gasteiger partial charge in [0.15, 0.2) is 0 Å². The lowest BCUT2D eigenvalue weighted by Gasteiger charge is -2.27. The minimum atomic E-state index is -0.460. The minimum absolute atomic E-state index is 0.00257. The maximum Gasteiger partial charge on any atom is 0.225 e. The molecule has 3 rings (SSSR count). The molecule has 126 valence electrons. The van der Waals surface area contributed by atoms with Crippen molar-refractivity contribution in [2.75, 3.05) is 13.1 Å². The number of amides is 1. The quantitative estimate of drug-likeness (QED) is 0.877. The predicted molar refractivity (Wildman–Crippen MR) is 90.8 cm³/mol. The van der Waals surface area contributed by atoms with Gasteiger partial charge < -0.3 is 10.4 Å². The fraction of sp³-hybridized carbons (Fsp3) is 0.632. The Morgan fingerprint density at radius 2 is 1.83 bits per heavy atom. The van der Waals surface area contributed by atoms with Gasteiger partial charge in [0.05, 0.1) is 12.0 Å². The molecule has 23 heavy (non-hydrogen) atoms. The Morgan fingerprint density at radius 3 is 2.52 bits per heavy atom. The number of benzene rings is 1. The first kappa shape index (κ1) is 16.5. The lowest BCUT2D eigenvalue weighted by molar-refractivity contribution is -0.127. The number of aliphatic hydroxyl groups excluding tert-OH is 1. The topological polar surface area (TPSA) is 52.6 Å². The van der Waals surface area contributed by atoms with E-state index in [4.69, 9.17) is 0 Å². The molecule has 1 saturated heterocycles. The molecule has 2 atom stereocenters. The second-order valence-corrected chi connectivity index (χ2v) is 6.93. The molecular formula is C19H28N2O2. The number of carbonyl (C=O) groups excluding carboxylic acids is 1. The molecule has 1 heterocycles. The van der Waals surface area contributed by atoms with Crippen LogP contribution in [0.1, 0.15) is 49.7 Å². The number of likely N-dealkylation sites (tertiary alicyclic amines) is 1. The van der Waals surface area contributed by atoms with Gasteiger partial charge in [0.2, 0.25) is 5.91 Å².